The van der Waals surface area contributed by atoms with Crippen LogP contribution in [-0.4, -0.2) is 33.0 Å². The Bertz CT molecular complexity index is 1290. The zero-order valence-corrected chi connectivity index (χ0v) is 19.1. The maximum Gasteiger partial charge on any atom is 0.341 e. The highest BCUT2D eigenvalue weighted by molar-refractivity contribution is 6.16. The summed E-state index contributed by atoms with van der Waals surface area (Å²) in [4.78, 5) is 29.1. The fourth-order valence-corrected chi connectivity index (χ4v) is 3.45. The molecule has 33 heavy (non-hydrogen) atoms. The van der Waals surface area contributed by atoms with Gasteiger partial charge in [0.25, 0.3) is 0 Å². The fourth-order valence-electron chi connectivity index (χ4n) is 3.45. The van der Waals surface area contributed by atoms with Gasteiger partial charge in [0.1, 0.15) is 30.6 Å². The molecule has 3 aromatic rings. The summed E-state index contributed by atoms with van der Waals surface area (Å²) in [6.45, 7) is 3.73. The van der Waals surface area contributed by atoms with Gasteiger partial charge in [-0.3, -0.25) is 0 Å². The topological polar surface area (TPSA) is 96.6 Å². The number of methoxy groups -OCH3 is 2. The van der Waals surface area contributed by atoms with Crippen molar-refractivity contribution in [2.45, 2.75) is 20.5 Å². The average Bonchev–Trinajstić information content (AvgIpc) is 2.80. The van der Waals surface area contributed by atoms with Gasteiger partial charge in [-0.1, -0.05) is 29.4 Å². The van der Waals surface area contributed by atoms with Gasteiger partial charge >= 0.3 is 11.6 Å². The number of benzene rings is 2. The highest BCUT2D eigenvalue weighted by Gasteiger charge is 2.18. The number of hydrogen-bond donors (Lipinski definition) is 0. The number of oxime groups is 1. The summed E-state index contributed by atoms with van der Waals surface area (Å²) in [5.74, 6) is -0.0873. The first-order valence-electron chi connectivity index (χ1n) is 10.1. The second-order valence-corrected chi connectivity index (χ2v) is 7.16. The molecule has 0 bridgehead atoms. The van der Waals surface area contributed by atoms with E-state index in [4.69, 9.17) is 23.5 Å². The van der Waals surface area contributed by atoms with Crippen molar-refractivity contribution in [1.29, 1.82) is 0 Å². The van der Waals surface area contributed by atoms with Crippen LogP contribution in [0.2, 0.25) is 0 Å². The molecule has 0 radical (unpaired) electrons. The number of aryl methyl sites for hydroxylation is 1. The van der Waals surface area contributed by atoms with E-state index in [1.807, 2.05) is 25.1 Å². The van der Waals surface area contributed by atoms with Crippen molar-refractivity contribution in [3.8, 4) is 5.75 Å². The lowest BCUT2D eigenvalue weighted by atomic mass is 10.0. The Balaban J connectivity index is 2.07. The van der Waals surface area contributed by atoms with E-state index < -0.39 is 11.6 Å². The fraction of sp³-hybridized carbons (Fsp3) is 0.240. The predicted molar refractivity (Wildman–Crippen MR) is 124 cm³/mol. The van der Waals surface area contributed by atoms with Crippen LogP contribution in [0.25, 0.3) is 16.5 Å². The minimum absolute atomic E-state index is 0.114. The normalized spacial score (nSPS) is 11.9. The van der Waals surface area contributed by atoms with Crippen molar-refractivity contribution in [3.63, 3.8) is 0 Å². The van der Waals surface area contributed by atoms with Crippen LogP contribution in [0.3, 0.4) is 0 Å². The van der Waals surface area contributed by atoms with Crippen LogP contribution < -0.4 is 10.4 Å². The van der Waals surface area contributed by atoms with Crippen molar-refractivity contribution in [1.82, 2.24) is 0 Å². The van der Waals surface area contributed by atoms with Gasteiger partial charge in [-0.25, -0.2) is 9.59 Å². The molecule has 0 amide bonds. The molecule has 0 fully saturated rings. The summed E-state index contributed by atoms with van der Waals surface area (Å²) in [6.07, 6.45) is 1.33. The number of carbonyl (C=O) groups excluding carboxylic acids is 1. The first kappa shape index (κ1) is 23.6. The first-order chi connectivity index (χ1) is 15.9. The third kappa shape index (κ3) is 5.23. The van der Waals surface area contributed by atoms with Crippen molar-refractivity contribution >= 4 is 28.2 Å². The molecular formula is C25H25NO7. The van der Waals surface area contributed by atoms with Crippen molar-refractivity contribution in [3.05, 3.63) is 81.4 Å². The van der Waals surface area contributed by atoms with Gasteiger partial charge in [0.15, 0.2) is 0 Å². The van der Waals surface area contributed by atoms with Crippen molar-refractivity contribution in [2.75, 3.05) is 21.3 Å². The minimum atomic E-state index is -0.531. The van der Waals surface area contributed by atoms with Gasteiger partial charge in [0.05, 0.1) is 26.2 Å². The molecule has 0 atom stereocenters. The maximum absolute atomic E-state index is 12.3. The van der Waals surface area contributed by atoms with Crippen molar-refractivity contribution in [2.24, 2.45) is 5.16 Å². The van der Waals surface area contributed by atoms with Crippen LogP contribution in [0.5, 0.6) is 5.75 Å². The summed E-state index contributed by atoms with van der Waals surface area (Å²) in [5, 5.41) is 4.79. The van der Waals surface area contributed by atoms with Crippen LogP contribution >= 0.6 is 0 Å². The Labute approximate surface area is 191 Å². The standard InChI is InChI=1S/C25H25NO7/c1-15-10-24(27)33-23-12-22(20(11-19(15)23)16(2)26-31-5)32-13-17-8-6-7-9-18(17)21(14-29-3)25(28)30-4/h6-12,14H,13H2,1-5H3/b21-14+,26-16?. The molecule has 8 nitrogen and oxygen atoms in total. The van der Waals surface area contributed by atoms with E-state index in [-0.39, 0.29) is 12.2 Å². The zero-order chi connectivity index (χ0) is 24.0. The molecule has 0 aliphatic carbocycles. The third-order valence-corrected chi connectivity index (χ3v) is 5.00. The number of fused-ring (bicyclic) bond motifs is 1. The molecular weight excluding hydrogens is 426 g/mol. The van der Waals surface area contributed by atoms with Crippen molar-refractivity contribution < 1.29 is 28.3 Å². The molecule has 8 heteroatoms. The molecule has 0 unspecified atom stereocenters. The molecule has 0 N–H and O–H groups in total. The molecule has 3 rings (SSSR count). The lowest BCUT2D eigenvalue weighted by Crippen LogP contribution is -2.09. The van der Waals surface area contributed by atoms with Crippen LogP contribution in [0.4, 0.5) is 0 Å². The predicted octanol–water partition coefficient (Wildman–Crippen LogP) is 4.21. The van der Waals surface area contributed by atoms with E-state index in [9.17, 15) is 9.59 Å². The number of esters is 1. The molecule has 1 heterocycles. The van der Waals surface area contributed by atoms with E-state index >= 15 is 0 Å². The maximum atomic E-state index is 12.3. The van der Waals surface area contributed by atoms with Gasteiger partial charge in [0.2, 0.25) is 0 Å². The lowest BCUT2D eigenvalue weighted by Gasteiger charge is -2.15. The molecule has 0 saturated carbocycles. The van der Waals surface area contributed by atoms with E-state index in [1.165, 1.54) is 33.7 Å². The number of rotatable bonds is 8. The Morgan fingerprint density at radius 1 is 1.09 bits per heavy atom. The Morgan fingerprint density at radius 3 is 2.55 bits per heavy atom. The largest absolute Gasteiger partial charge is 0.503 e. The highest BCUT2D eigenvalue weighted by atomic mass is 16.6. The van der Waals surface area contributed by atoms with E-state index in [0.29, 0.717) is 28.2 Å². The molecule has 2 aromatic carbocycles. The number of nitrogens with zero attached hydrogens (tertiary/aromatic N) is 1. The molecule has 1 aromatic heterocycles. The summed E-state index contributed by atoms with van der Waals surface area (Å²) in [7, 11) is 4.22. The van der Waals surface area contributed by atoms with Gasteiger partial charge < -0.3 is 23.5 Å². The van der Waals surface area contributed by atoms with Gasteiger partial charge in [-0.15, -0.1) is 0 Å². The van der Waals surface area contributed by atoms with Crippen LogP contribution in [-0.2, 0) is 25.7 Å². The Morgan fingerprint density at radius 2 is 1.85 bits per heavy atom. The van der Waals surface area contributed by atoms with Crippen LogP contribution in [0.1, 0.15) is 29.2 Å². The number of carbonyl (C=O) groups is 1. The second-order valence-electron chi connectivity index (χ2n) is 7.16. The Kier molecular flexibility index (Phi) is 7.50. The highest BCUT2D eigenvalue weighted by Crippen LogP contribution is 2.30. The van der Waals surface area contributed by atoms with E-state index in [2.05, 4.69) is 5.16 Å². The molecule has 172 valence electrons. The quantitative estimate of drug-likeness (QED) is 0.126. The zero-order valence-electron chi connectivity index (χ0n) is 19.1. The second kappa shape index (κ2) is 10.5. The van der Waals surface area contributed by atoms with Gasteiger partial charge in [-0.2, -0.15) is 0 Å². The number of hydrogen-bond acceptors (Lipinski definition) is 8. The molecule has 0 aliphatic rings. The SMILES string of the molecule is CO/C=C(/C(=O)OC)c1ccccc1COc1cc2oc(=O)cc(C)c2cc1C(C)=NOC. The summed E-state index contributed by atoms with van der Waals surface area (Å²) in [6, 6.07) is 12.2. The first-order valence-corrected chi connectivity index (χ1v) is 10.1. The van der Waals surface area contributed by atoms with Gasteiger partial charge in [-0.05, 0) is 36.6 Å². The van der Waals surface area contributed by atoms with Crippen LogP contribution in [0, 0.1) is 6.92 Å². The molecule has 0 aliphatic heterocycles. The Hall–Kier alpha value is -4.07. The lowest BCUT2D eigenvalue weighted by molar-refractivity contribution is -0.133. The molecule has 0 spiro atoms. The van der Waals surface area contributed by atoms with E-state index in [1.54, 1.807) is 25.1 Å². The summed E-state index contributed by atoms with van der Waals surface area (Å²) >= 11 is 0. The third-order valence-electron chi connectivity index (χ3n) is 5.00. The smallest absolute Gasteiger partial charge is 0.341 e. The summed E-state index contributed by atoms with van der Waals surface area (Å²) < 4.78 is 21.5. The van der Waals surface area contributed by atoms with Gasteiger partial charge in [0, 0.05) is 23.1 Å². The van der Waals surface area contributed by atoms with E-state index in [0.717, 1.165) is 16.5 Å². The van der Waals surface area contributed by atoms with Crippen LogP contribution in [0.15, 0.2) is 63.1 Å². The minimum Gasteiger partial charge on any atom is -0.503 e. The monoisotopic (exact) mass is 451 g/mol. The average molecular weight is 451 g/mol. The summed E-state index contributed by atoms with van der Waals surface area (Å²) in [5.41, 5.74) is 3.59. The molecule has 0 saturated heterocycles. The number of ether oxygens (including phenoxy) is 3.